The highest BCUT2D eigenvalue weighted by molar-refractivity contribution is 5.94. The summed E-state index contributed by atoms with van der Waals surface area (Å²) in [5, 5.41) is 16.9. The van der Waals surface area contributed by atoms with Gasteiger partial charge in [-0.15, -0.1) is 10.2 Å². The first-order valence-electron chi connectivity index (χ1n) is 6.40. The smallest absolute Gasteiger partial charge is 0.251 e. The summed E-state index contributed by atoms with van der Waals surface area (Å²) in [6.07, 6.45) is 4.70. The van der Waals surface area contributed by atoms with Crippen LogP contribution in [0.4, 0.5) is 0 Å². The van der Waals surface area contributed by atoms with E-state index in [1.807, 2.05) is 6.92 Å². The van der Waals surface area contributed by atoms with Crippen LogP contribution in [0.5, 0.6) is 0 Å². The molecule has 2 aromatic heterocycles. The first-order chi connectivity index (χ1) is 10.2. The Labute approximate surface area is 120 Å². The van der Waals surface area contributed by atoms with Crippen molar-refractivity contribution in [3.63, 3.8) is 0 Å². The number of hydrogen-bond donors (Lipinski definition) is 2. The monoisotopic (exact) mass is 283 g/mol. The molecule has 0 spiro atoms. The van der Waals surface area contributed by atoms with Crippen LogP contribution in [0.1, 0.15) is 28.9 Å². The summed E-state index contributed by atoms with van der Waals surface area (Å²) in [6, 6.07) is 6.86. The van der Waals surface area contributed by atoms with Crippen molar-refractivity contribution >= 4 is 5.91 Å². The van der Waals surface area contributed by atoms with Crippen LogP contribution in [0, 0.1) is 0 Å². The van der Waals surface area contributed by atoms with Gasteiger partial charge in [0.2, 0.25) is 12.3 Å². The van der Waals surface area contributed by atoms with Gasteiger partial charge in [0.05, 0.1) is 12.2 Å². The Morgan fingerprint density at radius 1 is 1.33 bits per heavy atom. The molecule has 7 heteroatoms. The summed E-state index contributed by atoms with van der Waals surface area (Å²) in [5.74, 6) is 0.273. The van der Waals surface area contributed by atoms with Crippen molar-refractivity contribution in [3.8, 4) is 11.5 Å². The zero-order valence-electron chi connectivity index (χ0n) is 11.3. The maximum atomic E-state index is 12.2. The van der Waals surface area contributed by atoms with Crippen LogP contribution in [-0.4, -0.2) is 26.3 Å². The van der Waals surface area contributed by atoms with E-state index in [1.54, 1.807) is 36.7 Å². The van der Waals surface area contributed by atoms with Gasteiger partial charge in [0.1, 0.15) is 0 Å². The van der Waals surface area contributed by atoms with Gasteiger partial charge in [-0.2, -0.15) is 5.10 Å². The molecular formula is C14H13N5O2. The minimum Gasteiger partial charge on any atom is -0.423 e. The first kappa shape index (κ1) is 13.0. The van der Waals surface area contributed by atoms with E-state index >= 15 is 0 Å². The molecule has 7 nitrogen and oxygen atoms in total. The number of aromatic amines is 1. The van der Waals surface area contributed by atoms with Crippen LogP contribution in [-0.2, 0) is 0 Å². The highest BCUT2D eigenvalue weighted by atomic mass is 16.4. The minimum atomic E-state index is -0.152. The number of rotatable bonds is 4. The van der Waals surface area contributed by atoms with Crippen LogP contribution in [0.2, 0.25) is 0 Å². The van der Waals surface area contributed by atoms with Crippen molar-refractivity contribution in [1.82, 2.24) is 25.7 Å². The molecule has 21 heavy (non-hydrogen) atoms. The minimum absolute atomic E-state index is 0.119. The number of hydrogen-bond acceptors (Lipinski definition) is 5. The summed E-state index contributed by atoms with van der Waals surface area (Å²) in [5.41, 5.74) is 2.26. The predicted octanol–water partition coefficient (Wildman–Crippen LogP) is 1.95. The molecule has 0 aliphatic rings. The summed E-state index contributed by atoms with van der Waals surface area (Å²) in [7, 11) is 0. The van der Waals surface area contributed by atoms with Gasteiger partial charge >= 0.3 is 0 Å². The summed E-state index contributed by atoms with van der Waals surface area (Å²) < 4.78 is 5.10. The van der Waals surface area contributed by atoms with Crippen molar-refractivity contribution in [2.24, 2.45) is 0 Å². The van der Waals surface area contributed by atoms with E-state index in [2.05, 4.69) is 25.7 Å². The van der Waals surface area contributed by atoms with Crippen molar-refractivity contribution < 1.29 is 9.21 Å². The highest BCUT2D eigenvalue weighted by Crippen LogP contribution is 2.17. The van der Waals surface area contributed by atoms with E-state index in [9.17, 15) is 4.79 Å². The zero-order valence-corrected chi connectivity index (χ0v) is 11.3. The number of aromatic nitrogens is 4. The van der Waals surface area contributed by atoms with E-state index in [4.69, 9.17) is 4.42 Å². The Hall–Kier alpha value is -2.96. The predicted molar refractivity (Wildman–Crippen MR) is 74.2 cm³/mol. The number of carbonyl (C=O) groups excluding carboxylic acids is 1. The summed E-state index contributed by atoms with van der Waals surface area (Å²) >= 11 is 0. The molecule has 0 aliphatic carbocycles. The third kappa shape index (κ3) is 2.81. The third-order valence-corrected chi connectivity index (χ3v) is 3.12. The molecule has 0 fully saturated rings. The lowest BCUT2D eigenvalue weighted by Gasteiger charge is -2.12. The quantitative estimate of drug-likeness (QED) is 0.762. The average molecular weight is 283 g/mol. The average Bonchev–Trinajstić information content (AvgIpc) is 3.20. The van der Waals surface area contributed by atoms with Crippen LogP contribution in [0.3, 0.4) is 0 Å². The molecule has 2 heterocycles. The molecular weight excluding hydrogens is 270 g/mol. The second-order valence-corrected chi connectivity index (χ2v) is 4.55. The summed E-state index contributed by atoms with van der Waals surface area (Å²) in [6.45, 7) is 1.90. The largest absolute Gasteiger partial charge is 0.423 e. The molecule has 0 saturated carbocycles. The molecule has 1 aromatic carbocycles. The molecule has 1 unspecified atom stereocenters. The maximum Gasteiger partial charge on any atom is 0.251 e. The fraction of sp³-hybridized carbons (Fsp3) is 0.143. The lowest BCUT2D eigenvalue weighted by molar-refractivity contribution is 0.0940. The van der Waals surface area contributed by atoms with Gasteiger partial charge in [0.15, 0.2) is 0 Å². The molecule has 0 saturated heterocycles. The molecule has 0 aliphatic heterocycles. The van der Waals surface area contributed by atoms with Gasteiger partial charge in [-0.3, -0.25) is 9.89 Å². The van der Waals surface area contributed by atoms with Crippen molar-refractivity contribution in [3.05, 3.63) is 54.2 Å². The fourth-order valence-corrected chi connectivity index (χ4v) is 1.92. The topological polar surface area (TPSA) is 96.7 Å². The van der Waals surface area contributed by atoms with Crippen molar-refractivity contribution in [2.75, 3.05) is 0 Å². The molecule has 106 valence electrons. The van der Waals surface area contributed by atoms with Crippen molar-refractivity contribution in [2.45, 2.75) is 13.0 Å². The maximum absolute atomic E-state index is 12.2. The standard InChI is InChI=1S/C14H13N5O2/c1-9(12-6-15-16-7-12)18-13(20)10-2-4-11(5-3-10)14-19-17-8-21-14/h2-9H,1H3,(H,15,16)(H,18,20). The van der Waals surface area contributed by atoms with Crippen LogP contribution in [0.25, 0.3) is 11.5 Å². The second-order valence-electron chi connectivity index (χ2n) is 4.55. The van der Waals surface area contributed by atoms with E-state index in [1.165, 1.54) is 6.39 Å². The molecule has 0 radical (unpaired) electrons. The van der Waals surface area contributed by atoms with Gasteiger partial charge in [0.25, 0.3) is 5.91 Å². The lowest BCUT2D eigenvalue weighted by atomic mass is 10.1. The van der Waals surface area contributed by atoms with Gasteiger partial charge in [-0.05, 0) is 31.2 Å². The van der Waals surface area contributed by atoms with E-state index in [-0.39, 0.29) is 11.9 Å². The summed E-state index contributed by atoms with van der Waals surface area (Å²) in [4.78, 5) is 12.2. The Kier molecular flexibility index (Phi) is 3.46. The van der Waals surface area contributed by atoms with Crippen LogP contribution in [0.15, 0.2) is 47.5 Å². The first-order valence-corrected chi connectivity index (χ1v) is 6.40. The Morgan fingerprint density at radius 3 is 2.76 bits per heavy atom. The van der Waals surface area contributed by atoms with Crippen LogP contribution < -0.4 is 5.32 Å². The molecule has 3 aromatic rings. The number of nitrogens with zero attached hydrogens (tertiary/aromatic N) is 3. The second kappa shape index (κ2) is 5.58. The normalized spacial score (nSPS) is 12.0. The number of H-pyrrole nitrogens is 1. The SMILES string of the molecule is CC(NC(=O)c1ccc(-c2nnco2)cc1)c1cn[nH]c1. The Bertz CT molecular complexity index is 704. The molecule has 1 atom stereocenters. The number of carbonyl (C=O) groups is 1. The Morgan fingerprint density at radius 2 is 2.14 bits per heavy atom. The van der Waals surface area contributed by atoms with Gasteiger partial charge in [-0.1, -0.05) is 0 Å². The lowest BCUT2D eigenvalue weighted by Crippen LogP contribution is -2.26. The molecule has 3 rings (SSSR count). The number of benzene rings is 1. The molecule has 0 bridgehead atoms. The third-order valence-electron chi connectivity index (χ3n) is 3.12. The van der Waals surface area contributed by atoms with Crippen molar-refractivity contribution in [1.29, 1.82) is 0 Å². The number of nitrogens with one attached hydrogen (secondary N) is 2. The highest BCUT2D eigenvalue weighted by Gasteiger charge is 2.12. The van der Waals surface area contributed by atoms with E-state index < -0.39 is 0 Å². The molecule has 2 N–H and O–H groups in total. The van der Waals surface area contributed by atoms with Gasteiger partial charge in [-0.25, -0.2) is 0 Å². The van der Waals surface area contributed by atoms with E-state index in [0.29, 0.717) is 11.5 Å². The Balaban J connectivity index is 1.70. The fourth-order valence-electron chi connectivity index (χ4n) is 1.92. The van der Waals surface area contributed by atoms with Gasteiger partial charge in [0, 0.05) is 22.9 Å². The molecule has 1 amide bonds. The van der Waals surface area contributed by atoms with Gasteiger partial charge < -0.3 is 9.73 Å². The zero-order chi connectivity index (χ0) is 14.7. The van der Waals surface area contributed by atoms with E-state index in [0.717, 1.165) is 11.1 Å². The number of amides is 1. The van der Waals surface area contributed by atoms with Crippen LogP contribution >= 0.6 is 0 Å².